The minimum absolute atomic E-state index is 0.840. The van der Waals surface area contributed by atoms with Gasteiger partial charge in [-0.25, -0.2) is 0 Å². The van der Waals surface area contributed by atoms with Crippen molar-refractivity contribution in [2.24, 2.45) is 11.8 Å². The molecule has 19 heavy (non-hydrogen) atoms. The molecule has 0 radical (unpaired) electrons. The Bertz CT molecular complexity index is 444. The van der Waals surface area contributed by atoms with Gasteiger partial charge in [-0.2, -0.15) is 11.8 Å². The van der Waals surface area contributed by atoms with Gasteiger partial charge in [0.15, 0.2) is 0 Å². The Morgan fingerprint density at radius 2 is 1.11 bits per heavy atom. The van der Waals surface area contributed by atoms with Crippen molar-refractivity contribution >= 4 is 11.8 Å². The van der Waals surface area contributed by atoms with Crippen molar-refractivity contribution in [3.05, 3.63) is 71.8 Å². The highest BCUT2D eigenvalue weighted by atomic mass is 32.2. The monoisotopic (exact) mass is 268 g/mol. The average Bonchev–Trinajstić information content (AvgIpc) is 2.88. The normalized spacial score (nSPS) is 22.5. The van der Waals surface area contributed by atoms with Crippen LogP contribution in [0.5, 0.6) is 0 Å². The highest BCUT2D eigenvalue weighted by Crippen LogP contribution is 2.34. The molecule has 1 fully saturated rings. The second kappa shape index (κ2) is 6.29. The lowest BCUT2D eigenvalue weighted by Crippen LogP contribution is -2.17. The van der Waals surface area contributed by atoms with Gasteiger partial charge in [0.25, 0.3) is 0 Å². The zero-order chi connectivity index (χ0) is 12.9. The molecule has 2 aromatic carbocycles. The Hall–Kier alpha value is -1.21. The summed E-state index contributed by atoms with van der Waals surface area (Å²) >= 11 is 2.13. The first-order valence-electron chi connectivity index (χ1n) is 7.07. The topological polar surface area (TPSA) is 0 Å². The molecule has 2 unspecified atom stereocenters. The van der Waals surface area contributed by atoms with E-state index >= 15 is 0 Å². The van der Waals surface area contributed by atoms with Crippen LogP contribution >= 0.6 is 11.8 Å². The van der Waals surface area contributed by atoms with Crippen molar-refractivity contribution in [2.75, 3.05) is 11.5 Å². The van der Waals surface area contributed by atoms with Crippen LogP contribution in [-0.4, -0.2) is 11.5 Å². The molecule has 2 atom stereocenters. The second-order valence-electron chi connectivity index (χ2n) is 5.44. The van der Waals surface area contributed by atoms with Gasteiger partial charge in [-0.05, 0) is 47.3 Å². The molecule has 1 aliphatic heterocycles. The standard InChI is InChI=1S/C18H20S/c1-3-7-15(8-4-1)11-17-13-19-14-18(17)12-16-9-5-2-6-10-16/h1-10,17-18H,11-14H2. The van der Waals surface area contributed by atoms with Crippen molar-refractivity contribution in [3.63, 3.8) is 0 Å². The van der Waals surface area contributed by atoms with Gasteiger partial charge in [0.1, 0.15) is 0 Å². The summed E-state index contributed by atoms with van der Waals surface area (Å²) in [4.78, 5) is 0. The van der Waals surface area contributed by atoms with Crippen LogP contribution in [-0.2, 0) is 12.8 Å². The largest absolute Gasteiger partial charge is 0.161 e. The van der Waals surface area contributed by atoms with Crippen molar-refractivity contribution < 1.29 is 0 Å². The number of benzene rings is 2. The molecular formula is C18H20S. The van der Waals surface area contributed by atoms with Crippen LogP contribution in [0.2, 0.25) is 0 Å². The Morgan fingerprint density at radius 1 is 0.684 bits per heavy atom. The second-order valence-corrected chi connectivity index (χ2v) is 6.51. The molecule has 0 nitrogen and oxygen atoms in total. The Kier molecular flexibility index (Phi) is 4.24. The van der Waals surface area contributed by atoms with Crippen LogP contribution in [0.25, 0.3) is 0 Å². The number of hydrogen-bond donors (Lipinski definition) is 0. The predicted octanol–water partition coefficient (Wildman–Crippen LogP) is 4.45. The maximum absolute atomic E-state index is 2.27. The Labute approximate surface area is 120 Å². The van der Waals surface area contributed by atoms with E-state index in [0.717, 1.165) is 11.8 Å². The molecule has 0 aliphatic carbocycles. The fraction of sp³-hybridized carbons (Fsp3) is 0.333. The Morgan fingerprint density at radius 3 is 1.53 bits per heavy atom. The number of hydrogen-bond acceptors (Lipinski definition) is 1. The number of rotatable bonds is 4. The smallest absolute Gasteiger partial charge is 0.00328 e. The molecular weight excluding hydrogens is 248 g/mol. The minimum atomic E-state index is 0.840. The fourth-order valence-corrected chi connectivity index (χ4v) is 4.45. The van der Waals surface area contributed by atoms with Crippen LogP contribution in [0.4, 0.5) is 0 Å². The van der Waals surface area contributed by atoms with Gasteiger partial charge < -0.3 is 0 Å². The molecule has 0 aromatic heterocycles. The zero-order valence-electron chi connectivity index (χ0n) is 11.2. The molecule has 0 N–H and O–H groups in total. The molecule has 1 saturated heterocycles. The molecule has 98 valence electrons. The third kappa shape index (κ3) is 3.42. The molecule has 1 heteroatoms. The van der Waals surface area contributed by atoms with Crippen molar-refractivity contribution in [1.82, 2.24) is 0 Å². The van der Waals surface area contributed by atoms with Gasteiger partial charge in [0.2, 0.25) is 0 Å². The minimum Gasteiger partial charge on any atom is -0.161 e. The molecule has 0 bridgehead atoms. The lowest BCUT2D eigenvalue weighted by Gasteiger charge is -2.19. The van der Waals surface area contributed by atoms with Gasteiger partial charge >= 0.3 is 0 Å². The molecule has 0 spiro atoms. The van der Waals surface area contributed by atoms with E-state index in [4.69, 9.17) is 0 Å². The molecule has 2 aromatic rings. The van der Waals surface area contributed by atoms with E-state index in [2.05, 4.69) is 72.4 Å². The van der Waals surface area contributed by atoms with Gasteiger partial charge in [-0.1, -0.05) is 60.7 Å². The molecule has 1 aliphatic rings. The third-order valence-corrected chi connectivity index (χ3v) is 5.34. The van der Waals surface area contributed by atoms with E-state index < -0.39 is 0 Å². The van der Waals surface area contributed by atoms with E-state index in [-0.39, 0.29) is 0 Å². The van der Waals surface area contributed by atoms with Crippen LogP contribution in [0.3, 0.4) is 0 Å². The summed E-state index contributed by atoms with van der Waals surface area (Å²) in [5.74, 6) is 4.33. The van der Waals surface area contributed by atoms with Crippen LogP contribution in [0, 0.1) is 11.8 Å². The van der Waals surface area contributed by atoms with Gasteiger partial charge in [-0.3, -0.25) is 0 Å². The van der Waals surface area contributed by atoms with Crippen LogP contribution < -0.4 is 0 Å². The highest BCUT2D eigenvalue weighted by Gasteiger charge is 2.27. The van der Waals surface area contributed by atoms with Crippen LogP contribution in [0.15, 0.2) is 60.7 Å². The maximum Gasteiger partial charge on any atom is -0.00328 e. The predicted molar refractivity (Wildman–Crippen MR) is 84.6 cm³/mol. The van der Waals surface area contributed by atoms with Gasteiger partial charge in [0.05, 0.1) is 0 Å². The SMILES string of the molecule is c1ccc(CC2CSCC2Cc2ccccc2)cc1. The van der Waals surface area contributed by atoms with Crippen molar-refractivity contribution in [2.45, 2.75) is 12.8 Å². The first kappa shape index (κ1) is 12.8. The van der Waals surface area contributed by atoms with Crippen molar-refractivity contribution in [1.29, 1.82) is 0 Å². The maximum atomic E-state index is 2.27. The van der Waals surface area contributed by atoms with E-state index in [1.165, 1.54) is 35.5 Å². The van der Waals surface area contributed by atoms with Crippen LogP contribution in [0.1, 0.15) is 11.1 Å². The summed E-state index contributed by atoms with van der Waals surface area (Å²) in [6, 6.07) is 21.9. The molecule has 1 heterocycles. The van der Waals surface area contributed by atoms with E-state index in [1.54, 1.807) is 0 Å². The van der Waals surface area contributed by atoms with E-state index in [0.29, 0.717) is 0 Å². The third-order valence-electron chi connectivity index (χ3n) is 4.01. The lowest BCUT2D eigenvalue weighted by molar-refractivity contribution is 0.415. The van der Waals surface area contributed by atoms with E-state index in [9.17, 15) is 0 Å². The zero-order valence-corrected chi connectivity index (χ0v) is 12.0. The summed E-state index contributed by atoms with van der Waals surface area (Å²) in [7, 11) is 0. The molecule has 0 saturated carbocycles. The van der Waals surface area contributed by atoms with Crippen molar-refractivity contribution in [3.8, 4) is 0 Å². The quantitative estimate of drug-likeness (QED) is 0.789. The first-order valence-corrected chi connectivity index (χ1v) is 8.23. The highest BCUT2D eigenvalue weighted by molar-refractivity contribution is 7.99. The Balaban J connectivity index is 1.65. The summed E-state index contributed by atoms with van der Waals surface area (Å²) in [5, 5.41) is 0. The van der Waals surface area contributed by atoms with Gasteiger partial charge in [0, 0.05) is 0 Å². The first-order chi connectivity index (χ1) is 9.42. The summed E-state index contributed by atoms with van der Waals surface area (Å²) in [6.07, 6.45) is 2.48. The summed E-state index contributed by atoms with van der Waals surface area (Å²) in [5.41, 5.74) is 2.99. The number of thioether (sulfide) groups is 1. The summed E-state index contributed by atoms with van der Waals surface area (Å²) in [6.45, 7) is 0. The van der Waals surface area contributed by atoms with E-state index in [1.807, 2.05) is 0 Å². The van der Waals surface area contributed by atoms with Gasteiger partial charge in [-0.15, -0.1) is 0 Å². The lowest BCUT2D eigenvalue weighted by atomic mass is 9.85. The average molecular weight is 268 g/mol. The summed E-state index contributed by atoms with van der Waals surface area (Å²) < 4.78 is 0. The molecule has 3 rings (SSSR count). The fourth-order valence-electron chi connectivity index (χ4n) is 2.93. The molecule has 0 amide bonds.